The summed E-state index contributed by atoms with van der Waals surface area (Å²) in [5.41, 5.74) is 1.87. The molecule has 0 fully saturated rings. The number of ether oxygens (including phenoxy) is 3. The number of carbonyl (C=O) groups is 2. The average molecular weight is 494 g/mol. The fourth-order valence-corrected chi connectivity index (χ4v) is 4.58. The highest BCUT2D eigenvalue weighted by Gasteiger charge is 2.20. The summed E-state index contributed by atoms with van der Waals surface area (Å²) in [5, 5.41) is 1.20. The predicted octanol–water partition coefficient (Wildman–Crippen LogP) is 6.71. The third-order valence-corrected chi connectivity index (χ3v) is 6.50. The molecule has 0 saturated heterocycles. The van der Waals surface area contributed by atoms with Gasteiger partial charge in [0.25, 0.3) is 0 Å². The first-order valence-corrected chi connectivity index (χ1v) is 11.6. The zero-order chi connectivity index (χ0) is 24.1. The predicted molar refractivity (Wildman–Crippen MR) is 134 cm³/mol. The van der Waals surface area contributed by atoms with Gasteiger partial charge in [-0.2, -0.15) is 0 Å². The fraction of sp³-hybridized carbons (Fsp3) is 0.115. The summed E-state index contributed by atoms with van der Waals surface area (Å²) in [6, 6.07) is 19.4. The molecular formula is C26H20ClNO5S. The summed E-state index contributed by atoms with van der Waals surface area (Å²) in [5.74, 6) is -0.240. The Balaban J connectivity index is 1.54. The van der Waals surface area contributed by atoms with E-state index in [4.69, 9.17) is 25.8 Å². The zero-order valence-corrected chi connectivity index (χ0v) is 20.0. The van der Waals surface area contributed by atoms with Crippen LogP contribution in [0.4, 0.5) is 5.69 Å². The van der Waals surface area contributed by atoms with Gasteiger partial charge in [-0.3, -0.25) is 4.99 Å². The number of carbonyl (C=O) groups excluding carboxylic acids is 2. The minimum atomic E-state index is -0.542. The van der Waals surface area contributed by atoms with Gasteiger partial charge in [-0.05, 0) is 61.0 Å². The number of benzene rings is 3. The van der Waals surface area contributed by atoms with E-state index in [1.54, 1.807) is 48.7 Å². The van der Waals surface area contributed by atoms with E-state index in [0.717, 1.165) is 15.6 Å². The molecule has 6 nitrogen and oxygen atoms in total. The summed E-state index contributed by atoms with van der Waals surface area (Å²) in [6.45, 7) is 2.24. The molecule has 34 heavy (non-hydrogen) atoms. The first-order valence-electron chi connectivity index (χ1n) is 10.4. The molecule has 4 aromatic rings. The van der Waals surface area contributed by atoms with Crippen molar-refractivity contribution in [3.05, 3.63) is 87.8 Å². The topological polar surface area (TPSA) is 74.2 Å². The Hall–Kier alpha value is -3.68. The lowest BCUT2D eigenvalue weighted by molar-refractivity contribution is 0.0600. The van der Waals surface area contributed by atoms with Crippen molar-refractivity contribution in [1.82, 2.24) is 0 Å². The SMILES string of the molecule is CCOc1cc(C=Nc2ccc(C(=O)OC)cc2)ccc1OC(=O)c1sc2ccccc2c1Cl. The Morgan fingerprint density at radius 2 is 1.76 bits per heavy atom. The molecule has 0 spiro atoms. The number of hydrogen-bond donors (Lipinski definition) is 0. The first kappa shape index (κ1) is 23.5. The molecule has 1 aromatic heterocycles. The smallest absolute Gasteiger partial charge is 0.355 e. The monoisotopic (exact) mass is 493 g/mol. The maximum absolute atomic E-state index is 12.8. The van der Waals surface area contributed by atoms with Crippen molar-refractivity contribution in [2.75, 3.05) is 13.7 Å². The molecule has 4 rings (SSSR count). The van der Waals surface area contributed by atoms with Crippen molar-refractivity contribution in [2.24, 2.45) is 4.99 Å². The molecule has 0 N–H and O–H groups in total. The minimum Gasteiger partial charge on any atom is -0.490 e. The van der Waals surface area contributed by atoms with Crippen LogP contribution in [0, 0.1) is 0 Å². The number of fused-ring (bicyclic) bond motifs is 1. The Kier molecular flexibility index (Phi) is 7.25. The zero-order valence-electron chi connectivity index (χ0n) is 18.4. The van der Waals surface area contributed by atoms with Crippen LogP contribution in [-0.4, -0.2) is 31.9 Å². The van der Waals surface area contributed by atoms with Gasteiger partial charge in [0.15, 0.2) is 11.5 Å². The van der Waals surface area contributed by atoms with Crippen molar-refractivity contribution in [3.8, 4) is 11.5 Å². The van der Waals surface area contributed by atoms with Crippen LogP contribution in [0.5, 0.6) is 11.5 Å². The summed E-state index contributed by atoms with van der Waals surface area (Å²) in [7, 11) is 1.34. The lowest BCUT2D eigenvalue weighted by Gasteiger charge is -2.11. The van der Waals surface area contributed by atoms with Gasteiger partial charge in [-0.15, -0.1) is 11.3 Å². The largest absolute Gasteiger partial charge is 0.490 e. The number of aliphatic imine (C=N–C) groups is 1. The van der Waals surface area contributed by atoms with E-state index < -0.39 is 11.9 Å². The molecule has 0 radical (unpaired) electrons. The van der Waals surface area contributed by atoms with Gasteiger partial charge >= 0.3 is 11.9 Å². The molecule has 0 aliphatic rings. The van der Waals surface area contributed by atoms with Crippen molar-refractivity contribution in [2.45, 2.75) is 6.92 Å². The van der Waals surface area contributed by atoms with E-state index in [1.807, 2.05) is 31.2 Å². The third-order valence-electron chi connectivity index (χ3n) is 4.84. The van der Waals surface area contributed by atoms with E-state index in [0.29, 0.717) is 39.3 Å². The second-order valence-corrected chi connectivity index (χ2v) is 8.50. The van der Waals surface area contributed by atoms with Crippen molar-refractivity contribution in [3.63, 3.8) is 0 Å². The maximum Gasteiger partial charge on any atom is 0.355 e. The van der Waals surface area contributed by atoms with Crippen molar-refractivity contribution in [1.29, 1.82) is 0 Å². The highest BCUT2D eigenvalue weighted by Crippen LogP contribution is 2.37. The highest BCUT2D eigenvalue weighted by molar-refractivity contribution is 7.21. The molecule has 3 aromatic carbocycles. The number of esters is 2. The van der Waals surface area contributed by atoms with Gasteiger partial charge in [0.2, 0.25) is 0 Å². The van der Waals surface area contributed by atoms with E-state index in [-0.39, 0.29) is 0 Å². The van der Waals surface area contributed by atoms with E-state index >= 15 is 0 Å². The van der Waals surface area contributed by atoms with Gasteiger partial charge in [-0.1, -0.05) is 29.8 Å². The van der Waals surface area contributed by atoms with Crippen LogP contribution >= 0.6 is 22.9 Å². The first-order chi connectivity index (χ1) is 16.5. The van der Waals surface area contributed by atoms with Crippen LogP contribution in [0.25, 0.3) is 10.1 Å². The standard InChI is InChI=1S/C26H20ClNO5S/c1-3-32-21-14-16(15-28-18-11-9-17(10-12-18)25(29)31-2)8-13-20(21)33-26(30)24-23(27)19-6-4-5-7-22(19)34-24/h4-15H,3H2,1-2H3. The number of nitrogens with zero attached hydrogens (tertiary/aromatic N) is 1. The molecule has 0 bridgehead atoms. The van der Waals surface area contributed by atoms with Crippen molar-refractivity contribution >= 4 is 56.9 Å². The molecule has 0 amide bonds. The van der Waals surface area contributed by atoms with Crippen LogP contribution in [0.1, 0.15) is 32.5 Å². The molecule has 0 aliphatic heterocycles. The maximum atomic E-state index is 12.8. The van der Waals surface area contributed by atoms with E-state index in [1.165, 1.54) is 18.4 Å². The molecular weight excluding hydrogens is 474 g/mol. The van der Waals surface area contributed by atoms with Crippen LogP contribution in [0.2, 0.25) is 5.02 Å². The molecule has 172 valence electrons. The van der Waals surface area contributed by atoms with Crippen molar-refractivity contribution < 1.29 is 23.8 Å². The van der Waals surface area contributed by atoms with Crippen LogP contribution in [-0.2, 0) is 4.74 Å². The second-order valence-electron chi connectivity index (χ2n) is 7.07. The Morgan fingerprint density at radius 3 is 2.47 bits per heavy atom. The van der Waals surface area contributed by atoms with E-state index in [9.17, 15) is 9.59 Å². The minimum absolute atomic E-state index is 0.292. The molecule has 0 unspecified atom stereocenters. The normalized spacial score (nSPS) is 11.0. The highest BCUT2D eigenvalue weighted by atomic mass is 35.5. The lowest BCUT2D eigenvalue weighted by atomic mass is 10.2. The van der Waals surface area contributed by atoms with Gasteiger partial charge in [-0.25, -0.2) is 9.59 Å². The number of hydrogen-bond acceptors (Lipinski definition) is 7. The second kappa shape index (κ2) is 10.5. The number of thiophene rings is 1. The Bertz CT molecular complexity index is 1380. The van der Waals surface area contributed by atoms with Gasteiger partial charge in [0, 0.05) is 16.3 Å². The van der Waals surface area contributed by atoms with E-state index in [2.05, 4.69) is 4.99 Å². The number of halogens is 1. The van der Waals surface area contributed by atoms with Crippen LogP contribution in [0.3, 0.4) is 0 Å². The summed E-state index contributed by atoms with van der Waals surface area (Å²) in [6.07, 6.45) is 1.66. The number of methoxy groups -OCH3 is 1. The average Bonchev–Trinajstić information content (AvgIpc) is 3.20. The molecule has 0 aliphatic carbocycles. The Labute approximate surface area is 205 Å². The molecule has 8 heteroatoms. The Morgan fingerprint density at radius 1 is 1.00 bits per heavy atom. The van der Waals surface area contributed by atoms with Gasteiger partial charge in [0.05, 0.1) is 30.0 Å². The summed E-state index contributed by atoms with van der Waals surface area (Å²) >= 11 is 7.70. The summed E-state index contributed by atoms with van der Waals surface area (Å²) in [4.78, 5) is 29.2. The fourth-order valence-electron chi connectivity index (χ4n) is 3.20. The quantitative estimate of drug-likeness (QED) is 0.162. The molecule has 0 saturated carbocycles. The molecule has 0 atom stereocenters. The lowest BCUT2D eigenvalue weighted by Crippen LogP contribution is -2.08. The third kappa shape index (κ3) is 5.11. The number of rotatable bonds is 7. The summed E-state index contributed by atoms with van der Waals surface area (Å²) < 4.78 is 16.9. The molecule has 1 heterocycles. The van der Waals surface area contributed by atoms with Gasteiger partial charge in [0.1, 0.15) is 4.88 Å². The van der Waals surface area contributed by atoms with Crippen LogP contribution < -0.4 is 9.47 Å². The van der Waals surface area contributed by atoms with Gasteiger partial charge < -0.3 is 14.2 Å². The van der Waals surface area contributed by atoms with Crippen LogP contribution in [0.15, 0.2) is 71.7 Å².